The maximum Gasteiger partial charge on any atom is 0.249 e. The molecule has 8 heteroatoms. The lowest BCUT2D eigenvalue weighted by Crippen LogP contribution is -2.54. The van der Waals surface area contributed by atoms with E-state index in [0.717, 1.165) is 11.1 Å². The van der Waals surface area contributed by atoms with Crippen LogP contribution in [0, 0.1) is 17.5 Å². The van der Waals surface area contributed by atoms with Crippen LogP contribution in [0.5, 0.6) is 0 Å². The number of carbonyl (C=O) groups excluding carboxylic acids is 2. The fourth-order valence-corrected chi connectivity index (χ4v) is 5.21. The number of piperidine rings is 1. The number of benzene rings is 3. The number of hydrogen-bond acceptors (Lipinski definition) is 3. The molecule has 2 aliphatic rings. The van der Waals surface area contributed by atoms with Gasteiger partial charge in [0.25, 0.3) is 0 Å². The number of anilines is 1. The number of hydrazine groups is 1. The van der Waals surface area contributed by atoms with Gasteiger partial charge in [0.05, 0.1) is 11.1 Å². The molecule has 0 saturated carbocycles. The van der Waals surface area contributed by atoms with Crippen LogP contribution in [0.15, 0.2) is 90.5 Å². The van der Waals surface area contributed by atoms with Crippen LogP contribution in [0.25, 0.3) is 5.57 Å². The van der Waals surface area contributed by atoms with Crippen molar-refractivity contribution in [1.29, 1.82) is 0 Å². The molecule has 0 bridgehead atoms. The first-order valence-corrected chi connectivity index (χ1v) is 12.9. The van der Waals surface area contributed by atoms with E-state index in [1.54, 1.807) is 29.2 Å². The van der Waals surface area contributed by atoms with E-state index in [9.17, 15) is 22.8 Å². The minimum atomic E-state index is -0.978. The Labute approximate surface area is 225 Å². The van der Waals surface area contributed by atoms with E-state index >= 15 is 0 Å². The lowest BCUT2D eigenvalue weighted by molar-refractivity contribution is -0.134. The molecule has 1 aliphatic carbocycles. The van der Waals surface area contributed by atoms with Crippen molar-refractivity contribution in [3.63, 3.8) is 0 Å². The minimum absolute atomic E-state index is 0.0676. The van der Waals surface area contributed by atoms with Gasteiger partial charge in [-0.15, -0.1) is 0 Å². The number of carbonyl (C=O) groups is 2. The van der Waals surface area contributed by atoms with E-state index in [2.05, 4.69) is 10.9 Å². The molecule has 1 aliphatic heterocycles. The van der Waals surface area contributed by atoms with Crippen LogP contribution in [-0.4, -0.2) is 29.8 Å². The summed E-state index contributed by atoms with van der Waals surface area (Å²) in [6, 6.07) is 17.8. The van der Waals surface area contributed by atoms with Crippen molar-refractivity contribution in [3.05, 3.63) is 119 Å². The number of allylic oxidation sites excluding steroid dienone is 3. The zero-order chi connectivity index (χ0) is 27.4. The molecule has 0 unspecified atom stereocenters. The maximum absolute atomic E-state index is 13.7. The molecule has 39 heavy (non-hydrogen) atoms. The molecule has 0 atom stereocenters. The zero-order valence-electron chi connectivity index (χ0n) is 21.2. The molecule has 200 valence electrons. The van der Waals surface area contributed by atoms with Crippen LogP contribution in [0.3, 0.4) is 0 Å². The third-order valence-electron chi connectivity index (χ3n) is 7.54. The van der Waals surface area contributed by atoms with Gasteiger partial charge in [-0.05, 0) is 90.9 Å². The Morgan fingerprint density at radius 2 is 1.28 bits per heavy atom. The molecule has 5 nitrogen and oxygen atoms in total. The standard InChI is InChI=1S/C31H28F3N3O2/c32-25-9-5-22(6-10-25)21-1-3-23(4-2-21)29(38)37-19-17-31(18-20-37,24-7-11-26(33)12-8-24)30(39)36-35-28-15-13-27(34)14-16-28/h1,3,5-16,35H,2,4,17-20H2,(H,36,39). The zero-order valence-corrected chi connectivity index (χ0v) is 21.2. The summed E-state index contributed by atoms with van der Waals surface area (Å²) < 4.78 is 40.2. The van der Waals surface area contributed by atoms with Gasteiger partial charge in [-0.3, -0.25) is 20.4 Å². The van der Waals surface area contributed by atoms with Crippen molar-refractivity contribution in [3.8, 4) is 0 Å². The van der Waals surface area contributed by atoms with Gasteiger partial charge in [-0.2, -0.15) is 0 Å². The monoisotopic (exact) mass is 531 g/mol. The van der Waals surface area contributed by atoms with Crippen molar-refractivity contribution >= 4 is 23.1 Å². The third kappa shape index (κ3) is 5.74. The highest BCUT2D eigenvalue weighted by atomic mass is 19.1. The number of halogens is 3. The predicted octanol–water partition coefficient (Wildman–Crippen LogP) is 5.91. The Hall–Kier alpha value is -4.33. The van der Waals surface area contributed by atoms with Gasteiger partial charge in [0.15, 0.2) is 0 Å². The summed E-state index contributed by atoms with van der Waals surface area (Å²) in [6.45, 7) is 0.706. The molecule has 1 fully saturated rings. The average molecular weight is 532 g/mol. The molecule has 0 aromatic heterocycles. The summed E-state index contributed by atoms with van der Waals surface area (Å²) in [5, 5.41) is 0. The number of nitrogens with zero attached hydrogens (tertiary/aromatic N) is 1. The van der Waals surface area contributed by atoms with Gasteiger partial charge >= 0.3 is 0 Å². The van der Waals surface area contributed by atoms with Gasteiger partial charge in [-0.25, -0.2) is 13.2 Å². The van der Waals surface area contributed by atoms with E-state index in [0.29, 0.717) is 55.6 Å². The second-order valence-electron chi connectivity index (χ2n) is 9.86. The Morgan fingerprint density at radius 1 is 0.718 bits per heavy atom. The van der Waals surface area contributed by atoms with Crippen molar-refractivity contribution in [2.24, 2.45) is 0 Å². The smallest absolute Gasteiger partial charge is 0.249 e. The Morgan fingerprint density at radius 3 is 1.85 bits per heavy atom. The van der Waals surface area contributed by atoms with Gasteiger partial charge in [0, 0.05) is 18.7 Å². The first-order chi connectivity index (χ1) is 18.8. The SMILES string of the molecule is O=C(C1=CC=C(c2ccc(F)cc2)CC1)N1CCC(C(=O)NNc2ccc(F)cc2)(c2ccc(F)cc2)CC1. The summed E-state index contributed by atoms with van der Waals surface area (Å²) in [6.07, 6.45) is 5.69. The molecular formula is C31H28F3N3O2. The normalized spacial score (nSPS) is 16.6. The summed E-state index contributed by atoms with van der Waals surface area (Å²) in [7, 11) is 0. The molecule has 3 aromatic rings. The van der Waals surface area contributed by atoms with E-state index < -0.39 is 11.2 Å². The molecule has 1 heterocycles. The van der Waals surface area contributed by atoms with Crippen LogP contribution >= 0.6 is 0 Å². The fraction of sp³-hybridized carbons (Fsp3) is 0.226. The number of nitrogens with one attached hydrogen (secondary N) is 2. The Balaban J connectivity index is 1.29. The average Bonchev–Trinajstić information content (AvgIpc) is 2.97. The van der Waals surface area contributed by atoms with Gasteiger partial charge in [0.2, 0.25) is 11.8 Å². The van der Waals surface area contributed by atoms with E-state index in [4.69, 9.17) is 0 Å². The summed E-state index contributed by atoms with van der Waals surface area (Å²) in [4.78, 5) is 28.6. The Bertz CT molecular complexity index is 1410. The van der Waals surface area contributed by atoms with Crippen molar-refractivity contribution < 1.29 is 22.8 Å². The van der Waals surface area contributed by atoms with Crippen molar-refractivity contribution in [2.45, 2.75) is 31.1 Å². The predicted molar refractivity (Wildman–Crippen MR) is 144 cm³/mol. The maximum atomic E-state index is 13.7. The van der Waals surface area contributed by atoms with Gasteiger partial charge < -0.3 is 4.90 Å². The molecular weight excluding hydrogens is 503 g/mol. The van der Waals surface area contributed by atoms with Crippen LogP contribution in [0.4, 0.5) is 18.9 Å². The first-order valence-electron chi connectivity index (χ1n) is 12.9. The second-order valence-corrected chi connectivity index (χ2v) is 9.86. The van der Waals surface area contributed by atoms with E-state index in [-0.39, 0.29) is 23.4 Å². The van der Waals surface area contributed by atoms with Crippen molar-refractivity contribution in [2.75, 3.05) is 18.5 Å². The highest BCUT2D eigenvalue weighted by Crippen LogP contribution is 2.37. The first kappa shape index (κ1) is 26.3. The number of rotatable bonds is 6. The number of amides is 2. The van der Waals surface area contributed by atoms with Crippen LogP contribution < -0.4 is 10.9 Å². The number of hydrogen-bond donors (Lipinski definition) is 2. The molecule has 2 amide bonds. The summed E-state index contributed by atoms with van der Waals surface area (Å²) >= 11 is 0. The molecule has 5 rings (SSSR count). The molecule has 0 spiro atoms. The minimum Gasteiger partial charge on any atom is -0.339 e. The molecule has 3 aromatic carbocycles. The molecule has 1 saturated heterocycles. The highest BCUT2D eigenvalue weighted by Gasteiger charge is 2.44. The van der Waals surface area contributed by atoms with Gasteiger partial charge in [0.1, 0.15) is 17.5 Å². The largest absolute Gasteiger partial charge is 0.339 e. The van der Waals surface area contributed by atoms with Gasteiger partial charge in [-0.1, -0.05) is 36.4 Å². The molecule has 2 N–H and O–H groups in total. The third-order valence-corrected chi connectivity index (χ3v) is 7.54. The fourth-order valence-electron chi connectivity index (χ4n) is 5.21. The quantitative estimate of drug-likeness (QED) is 0.389. The summed E-state index contributed by atoms with van der Waals surface area (Å²) in [5.41, 5.74) is 8.42. The Kier molecular flexibility index (Phi) is 7.54. The van der Waals surface area contributed by atoms with Crippen LogP contribution in [0.1, 0.15) is 36.8 Å². The summed E-state index contributed by atoms with van der Waals surface area (Å²) in [5.74, 6) is -1.45. The second kappa shape index (κ2) is 11.2. The molecule has 0 radical (unpaired) electrons. The van der Waals surface area contributed by atoms with Crippen molar-refractivity contribution in [1.82, 2.24) is 10.3 Å². The van der Waals surface area contributed by atoms with E-state index in [1.165, 1.54) is 48.5 Å². The lowest BCUT2D eigenvalue weighted by Gasteiger charge is -2.41. The highest BCUT2D eigenvalue weighted by molar-refractivity contribution is 5.96. The number of likely N-dealkylation sites (tertiary alicyclic amines) is 1. The van der Waals surface area contributed by atoms with E-state index in [1.807, 2.05) is 12.2 Å². The topological polar surface area (TPSA) is 61.4 Å². The lowest BCUT2D eigenvalue weighted by atomic mass is 9.72. The van der Waals surface area contributed by atoms with Crippen LogP contribution in [0.2, 0.25) is 0 Å². The van der Waals surface area contributed by atoms with Crippen LogP contribution in [-0.2, 0) is 15.0 Å².